The molecule has 5 N–H and O–H groups in total. The zero-order valence-electron chi connectivity index (χ0n) is 13.3. The van der Waals surface area contributed by atoms with E-state index >= 15 is 0 Å². The highest BCUT2D eigenvalue weighted by atomic mass is 32.2. The first-order valence-corrected chi connectivity index (χ1v) is 8.66. The lowest BCUT2D eigenvalue weighted by molar-refractivity contribution is -0.113. The summed E-state index contributed by atoms with van der Waals surface area (Å²) in [4.78, 5) is 25.1. The second-order valence-electron chi connectivity index (χ2n) is 5.92. The van der Waals surface area contributed by atoms with Gasteiger partial charge in [-0.1, -0.05) is 12.1 Å². The van der Waals surface area contributed by atoms with Gasteiger partial charge in [-0.15, -0.1) is 0 Å². The van der Waals surface area contributed by atoms with Crippen LogP contribution < -0.4 is 11.1 Å². The first-order valence-electron chi connectivity index (χ1n) is 7.49. The summed E-state index contributed by atoms with van der Waals surface area (Å²) < 4.78 is 21.5. The predicted molar refractivity (Wildman–Crippen MR) is 92.0 cm³/mol. The summed E-state index contributed by atoms with van der Waals surface area (Å²) in [5.74, 6) is -1.15. The number of hydrogen-bond donors (Lipinski definition) is 4. The Morgan fingerprint density at radius 2 is 2.20 bits per heavy atom. The molecule has 8 nitrogen and oxygen atoms in total. The molecular weight excluding hydrogens is 346 g/mol. The SMILES string of the molecule is Cc1ccc2c(c1O)NC(S(=O)O)C1CC(C=CC(N)=O)=CN1C2=O. The van der Waals surface area contributed by atoms with Gasteiger partial charge in [0.1, 0.15) is 11.1 Å². The topological polar surface area (TPSA) is 133 Å². The number of allylic oxidation sites excluding steroid dienone is 1. The van der Waals surface area contributed by atoms with Gasteiger partial charge in [-0.2, -0.15) is 0 Å². The number of carbonyl (C=O) groups excluding carboxylic acids is 2. The lowest BCUT2D eigenvalue weighted by Gasteiger charge is -2.26. The molecule has 2 aliphatic rings. The van der Waals surface area contributed by atoms with E-state index in [-0.39, 0.29) is 23.4 Å². The summed E-state index contributed by atoms with van der Waals surface area (Å²) in [7, 11) is 0. The Bertz CT molecular complexity index is 848. The highest BCUT2D eigenvalue weighted by molar-refractivity contribution is 7.80. The molecule has 132 valence electrons. The summed E-state index contributed by atoms with van der Waals surface area (Å²) in [6.45, 7) is 1.67. The Morgan fingerprint density at radius 3 is 2.84 bits per heavy atom. The maximum atomic E-state index is 12.9. The van der Waals surface area contributed by atoms with Gasteiger partial charge >= 0.3 is 0 Å². The first kappa shape index (κ1) is 17.2. The lowest BCUT2D eigenvalue weighted by atomic mass is 10.1. The number of aromatic hydroxyl groups is 1. The number of phenolic OH excluding ortho intramolecular Hbond substituents is 1. The van der Waals surface area contributed by atoms with Gasteiger partial charge in [0.05, 0.1) is 17.3 Å². The third-order valence-electron chi connectivity index (χ3n) is 4.27. The third-order valence-corrected chi connectivity index (χ3v) is 5.13. The van der Waals surface area contributed by atoms with Crippen molar-refractivity contribution in [1.29, 1.82) is 0 Å². The van der Waals surface area contributed by atoms with Crippen molar-refractivity contribution in [3.63, 3.8) is 0 Å². The molecule has 3 rings (SSSR count). The van der Waals surface area contributed by atoms with E-state index in [4.69, 9.17) is 5.73 Å². The number of rotatable bonds is 3. The fourth-order valence-electron chi connectivity index (χ4n) is 3.01. The largest absolute Gasteiger partial charge is 0.505 e. The molecule has 0 saturated carbocycles. The molecule has 1 aromatic rings. The number of amides is 2. The second kappa shape index (κ2) is 6.34. The van der Waals surface area contributed by atoms with Crippen molar-refractivity contribution in [1.82, 2.24) is 4.90 Å². The minimum atomic E-state index is -2.30. The van der Waals surface area contributed by atoms with Crippen molar-refractivity contribution in [2.24, 2.45) is 5.73 Å². The van der Waals surface area contributed by atoms with Gasteiger partial charge in [-0.05, 0) is 30.5 Å². The van der Waals surface area contributed by atoms with Crippen LogP contribution in [0.4, 0.5) is 5.69 Å². The number of phenols is 1. The van der Waals surface area contributed by atoms with Crippen molar-refractivity contribution in [2.75, 3.05) is 5.32 Å². The second-order valence-corrected chi connectivity index (χ2v) is 6.98. The number of carbonyl (C=O) groups is 2. The molecule has 2 aliphatic heterocycles. The van der Waals surface area contributed by atoms with Crippen LogP contribution in [0.5, 0.6) is 5.75 Å². The molecule has 1 aromatic carbocycles. The van der Waals surface area contributed by atoms with E-state index in [0.717, 1.165) is 0 Å². The predicted octanol–water partition coefficient (Wildman–Crippen LogP) is 0.814. The summed E-state index contributed by atoms with van der Waals surface area (Å²) in [5, 5.41) is 12.1. The molecular formula is C16H17N3O5S. The van der Waals surface area contributed by atoms with Crippen LogP contribution in [0.25, 0.3) is 0 Å². The number of benzene rings is 1. The summed E-state index contributed by atoms with van der Waals surface area (Å²) in [5.41, 5.74) is 6.61. The molecule has 0 aromatic heterocycles. The van der Waals surface area contributed by atoms with Gasteiger partial charge in [0.2, 0.25) is 5.91 Å². The van der Waals surface area contributed by atoms with Gasteiger partial charge in [-0.3, -0.25) is 9.59 Å². The fraction of sp³-hybridized carbons (Fsp3) is 0.250. The van der Waals surface area contributed by atoms with Gasteiger partial charge in [0.15, 0.2) is 11.1 Å². The van der Waals surface area contributed by atoms with E-state index in [1.54, 1.807) is 19.1 Å². The van der Waals surface area contributed by atoms with E-state index in [1.807, 2.05) is 0 Å². The zero-order valence-corrected chi connectivity index (χ0v) is 14.1. The molecule has 25 heavy (non-hydrogen) atoms. The summed E-state index contributed by atoms with van der Waals surface area (Å²) in [6, 6.07) is 2.52. The molecule has 2 heterocycles. The van der Waals surface area contributed by atoms with Gasteiger partial charge in [0.25, 0.3) is 5.91 Å². The standard InChI is InChI=1S/C16H17N3O5S/c1-8-2-4-10-13(14(8)21)18-15(25(23)24)11-6-9(3-5-12(17)20)7-19(11)16(10)22/h2-5,7,11,15,18,21H,6H2,1H3,(H2,17,20)(H,23,24). The molecule has 2 amide bonds. The molecule has 0 aliphatic carbocycles. The quantitative estimate of drug-likeness (QED) is 0.357. The molecule has 0 bridgehead atoms. The number of nitrogens with one attached hydrogen (secondary N) is 1. The number of aryl methyl sites for hydroxylation is 1. The van der Waals surface area contributed by atoms with Crippen LogP contribution in [-0.2, 0) is 15.9 Å². The lowest BCUT2D eigenvalue weighted by Crippen LogP contribution is -2.44. The molecule has 0 spiro atoms. The first-order chi connectivity index (χ1) is 11.8. The maximum absolute atomic E-state index is 12.9. The van der Waals surface area contributed by atoms with Gasteiger partial charge in [-0.25, -0.2) is 4.21 Å². The summed E-state index contributed by atoms with van der Waals surface area (Å²) in [6.07, 6.45) is 4.45. The van der Waals surface area contributed by atoms with Gasteiger partial charge < -0.3 is 25.6 Å². The Morgan fingerprint density at radius 1 is 1.48 bits per heavy atom. The molecule has 0 saturated heterocycles. The van der Waals surface area contributed by atoms with Crippen LogP contribution in [0, 0.1) is 6.92 Å². The van der Waals surface area contributed by atoms with E-state index in [1.165, 1.54) is 23.3 Å². The Hall–Kier alpha value is -2.65. The molecule has 0 fully saturated rings. The van der Waals surface area contributed by atoms with Crippen molar-refractivity contribution in [3.8, 4) is 5.75 Å². The Labute approximate surface area is 146 Å². The normalized spacial score (nSPS) is 23.5. The van der Waals surface area contributed by atoms with Crippen LogP contribution in [0.3, 0.4) is 0 Å². The molecule has 3 unspecified atom stereocenters. The van der Waals surface area contributed by atoms with Crippen molar-refractivity contribution in [2.45, 2.75) is 24.8 Å². The minimum absolute atomic E-state index is 0.125. The van der Waals surface area contributed by atoms with E-state index < -0.39 is 34.3 Å². The number of hydrogen-bond acceptors (Lipinski definition) is 5. The highest BCUT2D eigenvalue weighted by Crippen LogP contribution is 2.39. The van der Waals surface area contributed by atoms with E-state index in [9.17, 15) is 23.5 Å². The molecule has 0 radical (unpaired) electrons. The average molecular weight is 363 g/mol. The molecule has 3 atom stereocenters. The smallest absolute Gasteiger partial charge is 0.260 e. The average Bonchev–Trinajstić information content (AvgIpc) is 2.92. The minimum Gasteiger partial charge on any atom is -0.505 e. The van der Waals surface area contributed by atoms with Crippen LogP contribution in [-0.4, -0.2) is 42.0 Å². The van der Waals surface area contributed by atoms with Gasteiger partial charge in [0, 0.05) is 12.3 Å². The van der Waals surface area contributed by atoms with Crippen molar-refractivity contribution in [3.05, 3.63) is 47.2 Å². The molecule has 9 heteroatoms. The third kappa shape index (κ3) is 3.03. The maximum Gasteiger partial charge on any atom is 0.260 e. The number of fused-ring (bicyclic) bond motifs is 2. The number of nitrogens with zero attached hydrogens (tertiary/aromatic N) is 1. The van der Waals surface area contributed by atoms with Crippen LogP contribution in [0.15, 0.2) is 36.1 Å². The highest BCUT2D eigenvalue weighted by Gasteiger charge is 2.42. The Balaban J connectivity index is 2.08. The van der Waals surface area contributed by atoms with Crippen molar-refractivity contribution < 1.29 is 23.5 Å². The summed E-state index contributed by atoms with van der Waals surface area (Å²) >= 11 is -2.30. The van der Waals surface area contributed by atoms with Crippen LogP contribution in [0.1, 0.15) is 22.3 Å². The van der Waals surface area contributed by atoms with Crippen LogP contribution in [0.2, 0.25) is 0 Å². The Kier molecular flexibility index (Phi) is 4.36. The monoisotopic (exact) mass is 363 g/mol. The van der Waals surface area contributed by atoms with E-state index in [0.29, 0.717) is 11.1 Å². The number of anilines is 1. The van der Waals surface area contributed by atoms with E-state index in [2.05, 4.69) is 5.32 Å². The number of nitrogens with two attached hydrogens (primary N) is 1. The number of primary amides is 1. The fourth-order valence-corrected chi connectivity index (χ4v) is 3.73. The van der Waals surface area contributed by atoms with Crippen LogP contribution >= 0.6 is 0 Å². The van der Waals surface area contributed by atoms with Crippen molar-refractivity contribution >= 4 is 28.6 Å². The zero-order chi connectivity index (χ0) is 18.3.